The van der Waals surface area contributed by atoms with Gasteiger partial charge in [-0.05, 0) is 38.7 Å². The molecule has 148 valence electrons. The Bertz CT molecular complexity index is 527. The average Bonchev–Trinajstić information content (AvgIpc) is 2.64. The first-order valence-electron chi connectivity index (χ1n) is 9.41. The Morgan fingerprint density at radius 3 is 2.62 bits per heavy atom. The highest BCUT2D eigenvalue weighted by Gasteiger charge is 2.21. The van der Waals surface area contributed by atoms with E-state index in [1.54, 1.807) is 0 Å². The van der Waals surface area contributed by atoms with Gasteiger partial charge in [-0.25, -0.2) is 4.98 Å². The number of rotatable bonds is 7. The van der Waals surface area contributed by atoms with E-state index in [0.717, 1.165) is 43.9 Å². The number of guanidine groups is 1. The summed E-state index contributed by atoms with van der Waals surface area (Å²) < 4.78 is 5.51. The third kappa shape index (κ3) is 7.65. The Morgan fingerprint density at radius 2 is 2.08 bits per heavy atom. The summed E-state index contributed by atoms with van der Waals surface area (Å²) in [5, 5.41) is 6.92. The Balaban J connectivity index is 0.00000338. The standard InChI is InChI=1S/C19H33N5O.HI/c1-5-12-25-18-7-6-16(13-21-18)14-22-19(20-4)23-17-8-10-24(11-9-17)15(2)3;/h6-7,13,15,17H,5,8-12,14H2,1-4H3,(H2,20,22,23);1H. The molecule has 0 aromatic carbocycles. The van der Waals surface area contributed by atoms with Crippen molar-refractivity contribution >= 4 is 29.9 Å². The van der Waals surface area contributed by atoms with Crippen molar-refractivity contribution < 1.29 is 4.74 Å². The number of piperidine rings is 1. The molecule has 2 heterocycles. The molecule has 2 rings (SSSR count). The quantitative estimate of drug-likeness (QED) is 0.361. The molecule has 1 aromatic heterocycles. The van der Waals surface area contributed by atoms with Crippen LogP contribution >= 0.6 is 24.0 Å². The van der Waals surface area contributed by atoms with Crippen molar-refractivity contribution in [1.29, 1.82) is 0 Å². The first-order chi connectivity index (χ1) is 12.1. The fourth-order valence-electron chi connectivity index (χ4n) is 2.94. The third-order valence-electron chi connectivity index (χ3n) is 4.54. The van der Waals surface area contributed by atoms with Crippen LogP contribution in [-0.2, 0) is 6.54 Å². The van der Waals surface area contributed by atoms with Crippen molar-refractivity contribution in [3.8, 4) is 5.88 Å². The zero-order valence-electron chi connectivity index (χ0n) is 16.5. The van der Waals surface area contributed by atoms with E-state index in [0.29, 0.717) is 31.1 Å². The van der Waals surface area contributed by atoms with E-state index in [2.05, 4.69) is 46.3 Å². The Labute approximate surface area is 175 Å². The molecule has 1 aliphatic heterocycles. The summed E-state index contributed by atoms with van der Waals surface area (Å²) in [5.41, 5.74) is 1.11. The van der Waals surface area contributed by atoms with Gasteiger partial charge in [0.2, 0.25) is 5.88 Å². The van der Waals surface area contributed by atoms with Crippen molar-refractivity contribution in [3.63, 3.8) is 0 Å². The zero-order valence-corrected chi connectivity index (χ0v) is 18.8. The van der Waals surface area contributed by atoms with Crippen LogP contribution in [0.25, 0.3) is 0 Å². The summed E-state index contributed by atoms with van der Waals surface area (Å²) in [5.74, 6) is 1.54. The number of likely N-dealkylation sites (tertiary alicyclic amines) is 1. The van der Waals surface area contributed by atoms with Gasteiger partial charge in [0.15, 0.2) is 5.96 Å². The van der Waals surface area contributed by atoms with Gasteiger partial charge < -0.3 is 20.3 Å². The topological polar surface area (TPSA) is 61.8 Å². The molecule has 0 radical (unpaired) electrons. The minimum Gasteiger partial charge on any atom is -0.478 e. The fraction of sp³-hybridized carbons (Fsp3) is 0.684. The number of aromatic nitrogens is 1. The van der Waals surface area contributed by atoms with Gasteiger partial charge in [0.25, 0.3) is 0 Å². The second-order valence-electron chi connectivity index (χ2n) is 6.83. The van der Waals surface area contributed by atoms with Crippen molar-refractivity contribution in [2.24, 2.45) is 4.99 Å². The first kappa shape index (κ1) is 23.0. The lowest BCUT2D eigenvalue weighted by molar-refractivity contribution is 0.167. The zero-order chi connectivity index (χ0) is 18.1. The predicted octanol–water partition coefficient (Wildman–Crippen LogP) is 3.03. The molecule has 0 atom stereocenters. The Hall–Kier alpha value is -1.09. The van der Waals surface area contributed by atoms with Crippen molar-refractivity contribution in [1.82, 2.24) is 20.5 Å². The molecule has 26 heavy (non-hydrogen) atoms. The van der Waals surface area contributed by atoms with Gasteiger partial charge in [0.1, 0.15) is 0 Å². The SMILES string of the molecule is CCCOc1ccc(CNC(=NC)NC2CCN(C(C)C)CC2)cn1.I. The fourth-order valence-corrected chi connectivity index (χ4v) is 2.94. The molecule has 0 spiro atoms. The van der Waals surface area contributed by atoms with Crippen LogP contribution in [0.1, 0.15) is 45.6 Å². The maximum atomic E-state index is 5.51. The van der Waals surface area contributed by atoms with E-state index in [-0.39, 0.29) is 24.0 Å². The normalized spacial score (nSPS) is 16.3. The van der Waals surface area contributed by atoms with Gasteiger partial charge in [-0.3, -0.25) is 4.99 Å². The lowest BCUT2D eigenvalue weighted by atomic mass is 10.0. The van der Waals surface area contributed by atoms with Gasteiger partial charge in [0.05, 0.1) is 6.61 Å². The molecule has 1 saturated heterocycles. The lowest BCUT2D eigenvalue weighted by Gasteiger charge is -2.35. The number of hydrogen-bond acceptors (Lipinski definition) is 4. The summed E-state index contributed by atoms with van der Waals surface area (Å²) in [4.78, 5) is 11.2. The summed E-state index contributed by atoms with van der Waals surface area (Å²) in [6.07, 6.45) is 5.16. The lowest BCUT2D eigenvalue weighted by Crippen LogP contribution is -2.49. The largest absolute Gasteiger partial charge is 0.478 e. The molecule has 0 saturated carbocycles. The number of pyridine rings is 1. The van der Waals surface area contributed by atoms with Crippen LogP contribution in [0.2, 0.25) is 0 Å². The monoisotopic (exact) mass is 475 g/mol. The maximum absolute atomic E-state index is 5.51. The van der Waals surface area contributed by atoms with E-state index in [1.807, 2.05) is 25.4 Å². The minimum atomic E-state index is 0. The van der Waals surface area contributed by atoms with Crippen LogP contribution in [0.4, 0.5) is 0 Å². The van der Waals surface area contributed by atoms with Crippen LogP contribution < -0.4 is 15.4 Å². The number of hydrogen-bond donors (Lipinski definition) is 2. The van der Waals surface area contributed by atoms with E-state index >= 15 is 0 Å². The second kappa shape index (κ2) is 12.3. The molecular formula is C19H34IN5O. The molecule has 0 unspecified atom stereocenters. The van der Waals surface area contributed by atoms with Gasteiger partial charge in [0, 0.05) is 51.0 Å². The average molecular weight is 475 g/mol. The number of halogens is 1. The van der Waals surface area contributed by atoms with Crippen molar-refractivity contribution in [2.45, 2.75) is 58.7 Å². The molecule has 0 bridgehead atoms. The molecule has 0 aliphatic carbocycles. The molecule has 6 nitrogen and oxygen atoms in total. The van der Waals surface area contributed by atoms with Crippen molar-refractivity contribution in [2.75, 3.05) is 26.7 Å². The summed E-state index contributed by atoms with van der Waals surface area (Å²) >= 11 is 0. The highest BCUT2D eigenvalue weighted by atomic mass is 127. The summed E-state index contributed by atoms with van der Waals surface area (Å²) in [6.45, 7) is 10.3. The molecule has 7 heteroatoms. The number of ether oxygens (including phenoxy) is 1. The number of nitrogens with one attached hydrogen (secondary N) is 2. The molecule has 1 aliphatic rings. The van der Waals surface area contributed by atoms with E-state index < -0.39 is 0 Å². The Kier molecular flexibility index (Phi) is 10.9. The first-order valence-corrected chi connectivity index (χ1v) is 9.41. The van der Waals surface area contributed by atoms with Gasteiger partial charge in [-0.1, -0.05) is 13.0 Å². The maximum Gasteiger partial charge on any atom is 0.213 e. The van der Waals surface area contributed by atoms with Crippen LogP contribution in [0.3, 0.4) is 0 Å². The van der Waals surface area contributed by atoms with E-state index in [4.69, 9.17) is 4.74 Å². The molecular weight excluding hydrogens is 441 g/mol. The van der Waals surface area contributed by atoms with Crippen molar-refractivity contribution in [3.05, 3.63) is 23.9 Å². The number of nitrogens with zero attached hydrogens (tertiary/aromatic N) is 3. The Morgan fingerprint density at radius 1 is 1.35 bits per heavy atom. The van der Waals surface area contributed by atoms with Crippen LogP contribution in [0.15, 0.2) is 23.3 Å². The van der Waals surface area contributed by atoms with E-state index in [9.17, 15) is 0 Å². The predicted molar refractivity (Wildman–Crippen MR) is 119 cm³/mol. The molecule has 0 amide bonds. The molecule has 1 aromatic rings. The van der Waals surface area contributed by atoms with E-state index in [1.165, 1.54) is 0 Å². The highest BCUT2D eigenvalue weighted by Crippen LogP contribution is 2.13. The van der Waals surface area contributed by atoms with Crippen LogP contribution in [-0.4, -0.2) is 54.7 Å². The van der Waals surface area contributed by atoms with Crippen LogP contribution in [0.5, 0.6) is 5.88 Å². The summed E-state index contributed by atoms with van der Waals surface area (Å²) in [7, 11) is 1.82. The van der Waals surface area contributed by atoms with Gasteiger partial charge in [-0.15, -0.1) is 24.0 Å². The number of aliphatic imine (C=N–C) groups is 1. The van der Waals surface area contributed by atoms with Gasteiger partial charge in [-0.2, -0.15) is 0 Å². The molecule has 2 N–H and O–H groups in total. The third-order valence-corrected chi connectivity index (χ3v) is 4.54. The second-order valence-corrected chi connectivity index (χ2v) is 6.83. The smallest absolute Gasteiger partial charge is 0.213 e. The highest BCUT2D eigenvalue weighted by molar-refractivity contribution is 14.0. The van der Waals surface area contributed by atoms with Gasteiger partial charge >= 0.3 is 0 Å². The van der Waals surface area contributed by atoms with Crippen LogP contribution in [0, 0.1) is 0 Å². The molecule has 1 fully saturated rings. The minimum absolute atomic E-state index is 0. The summed E-state index contributed by atoms with van der Waals surface area (Å²) in [6, 6.07) is 5.09.